The van der Waals surface area contributed by atoms with Crippen LogP contribution in [0.4, 0.5) is 17.3 Å². The normalized spacial score (nSPS) is 10.8. The Morgan fingerprint density at radius 3 is 2.44 bits per heavy atom. The van der Waals surface area contributed by atoms with E-state index in [1.807, 2.05) is 0 Å². The minimum Gasteiger partial charge on any atom is -0.373 e. The van der Waals surface area contributed by atoms with Crippen molar-refractivity contribution in [1.82, 2.24) is 4.98 Å². The number of carbonyl (C=O) groups is 1. The summed E-state index contributed by atoms with van der Waals surface area (Å²) in [5.41, 5.74) is 4.03. The fourth-order valence-electron chi connectivity index (χ4n) is 1.20. The quantitative estimate of drug-likeness (QED) is 0.524. The van der Waals surface area contributed by atoms with Crippen molar-refractivity contribution in [3.63, 3.8) is 0 Å². The number of nitrogens with two attached hydrogens (primary N) is 1. The fraction of sp³-hybridized carbons (Fsp3) is 0.400. The van der Waals surface area contributed by atoms with Crippen molar-refractivity contribution >= 4 is 23.2 Å². The van der Waals surface area contributed by atoms with Crippen LogP contribution >= 0.6 is 0 Å². The first kappa shape index (κ1) is 13.7. The molecule has 18 heavy (non-hydrogen) atoms. The summed E-state index contributed by atoms with van der Waals surface area (Å²) in [4.78, 5) is 25.5. The average molecular weight is 253 g/mol. The second-order valence-corrected chi connectivity index (χ2v) is 4.22. The van der Waals surface area contributed by atoms with Crippen LogP contribution in [0.5, 0.6) is 0 Å². The van der Waals surface area contributed by atoms with E-state index in [-0.39, 0.29) is 11.5 Å². The van der Waals surface area contributed by atoms with Crippen molar-refractivity contribution in [3.05, 3.63) is 22.2 Å². The standard InChI is InChI=1S/C10H15N5O3/c1-10(2,9(11)16)14-8-5-6(15(17)18)4-7(12-3)13-8/h4-5H,1-3H3,(H2,11,16)(H2,12,13,14). The first-order chi connectivity index (χ1) is 8.26. The lowest BCUT2D eigenvalue weighted by atomic mass is 10.1. The minimum absolute atomic E-state index is 0.128. The second-order valence-electron chi connectivity index (χ2n) is 4.22. The highest BCUT2D eigenvalue weighted by molar-refractivity contribution is 5.86. The van der Waals surface area contributed by atoms with Crippen LogP contribution in [0.2, 0.25) is 0 Å². The Balaban J connectivity index is 3.13. The monoisotopic (exact) mass is 253 g/mol. The summed E-state index contributed by atoms with van der Waals surface area (Å²) in [6.45, 7) is 3.13. The smallest absolute Gasteiger partial charge is 0.276 e. The van der Waals surface area contributed by atoms with E-state index in [9.17, 15) is 14.9 Å². The van der Waals surface area contributed by atoms with E-state index in [1.165, 1.54) is 12.1 Å². The maximum atomic E-state index is 11.2. The number of aromatic nitrogens is 1. The van der Waals surface area contributed by atoms with Crippen LogP contribution in [0.1, 0.15) is 13.8 Å². The number of nitrogens with one attached hydrogen (secondary N) is 2. The van der Waals surface area contributed by atoms with Crippen molar-refractivity contribution in [3.8, 4) is 0 Å². The predicted octanol–water partition coefficient (Wildman–Crippen LogP) is 0.707. The molecular weight excluding hydrogens is 238 g/mol. The molecule has 0 bridgehead atoms. The van der Waals surface area contributed by atoms with Gasteiger partial charge in [0.05, 0.1) is 17.1 Å². The average Bonchev–Trinajstić information content (AvgIpc) is 2.27. The van der Waals surface area contributed by atoms with E-state index in [2.05, 4.69) is 15.6 Å². The van der Waals surface area contributed by atoms with E-state index in [4.69, 9.17) is 5.73 Å². The van der Waals surface area contributed by atoms with Crippen LogP contribution < -0.4 is 16.4 Å². The Morgan fingerprint density at radius 1 is 1.44 bits per heavy atom. The topological polar surface area (TPSA) is 123 Å². The molecule has 8 heteroatoms. The van der Waals surface area contributed by atoms with Gasteiger partial charge in [-0.15, -0.1) is 0 Å². The molecule has 98 valence electrons. The lowest BCUT2D eigenvalue weighted by Crippen LogP contribution is -2.45. The molecule has 0 aliphatic carbocycles. The fourth-order valence-corrected chi connectivity index (χ4v) is 1.20. The zero-order chi connectivity index (χ0) is 13.9. The number of pyridine rings is 1. The number of nitro groups is 1. The first-order valence-electron chi connectivity index (χ1n) is 5.18. The van der Waals surface area contributed by atoms with E-state index in [0.717, 1.165) is 0 Å². The van der Waals surface area contributed by atoms with Gasteiger partial charge in [-0.2, -0.15) is 0 Å². The molecule has 1 aromatic rings. The molecule has 0 saturated carbocycles. The lowest BCUT2D eigenvalue weighted by Gasteiger charge is -2.22. The number of carbonyl (C=O) groups excluding carboxylic acids is 1. The molecule has 0 atom stereocenters. The highest BCUT2D eigenvalue weighted by Crippen LogP contribution is 2.22. The number of nitrogens with zero attached hydrogens (tertiary/aromatic N) is 2. The van der Waals surface area contributed by atoms with Gasteiger partial charge in [0.1, 0.15) is 17.2 Å². The van der Waals surface area contributed by atoms with Gasteiger partial charge in [0.25, 0.3) is 5.69 Å². The number of hydrogen-bond donors (Lipinski definition) is 3. The molecule has 8 nitrogen and oxygen atoms in total. The van der Waals surface area contributed by atoms with Gasteiger partial charge < -0.3 is 16.4 Å². The molecule has 0 saturated heterocycles. The molecule has 1 amide bonds. The summed E-state index contributed by atoms with van der Waals surface area (Å²) in [5, 5.41) is 16.2. The van der Waals surface area contributed by atoms with Gasteiger partial charge >= 0.3 is 0 Å². The molecule has 0 aliphatic rings. The van der Waals surface area contributed by atoms with Crippen LogP contribution in [-0.4, -0.2) is 28.4 Å². The molecule has 0 unspecified atom stereocenters. The third-order valence-corrected chi connectivity index (χ3v) is 2.33. The van der Waals surface area contributed by atoms with E-state index < -0.39 is 16.4 Å². The number of anilines is 2. The Morgan fingerprint density at radius 2 is 2.00 bits per heavy atom. The molecule has 0 spiro atoms. The van der Waals surface area contributed by atoms with Crippen molar-refractivity contribution in [1.29, 1.82) is 0 Å². The van der Waals surface area contributed by atoms with Gasteiger partial charge in [-0.1, -0.05) is 0 Å². The van der Waals surface area contributed by atoms with Gasteiger partial charge in [0.15, 0.2) is 0 Å². The Kier molecular flexibility index (Phi) is 3.70. The van der Waals surface area contributed by atoms with Gasteiger partial charge in [-0.3, -0.25) is 14.9 Å². The number of rotatable bonds is 5. The van der Waals surface area contributed by atoms with Gasteiger partial charge in [-0.25, -0.2) is 4.98 Å². The minimum atomic E-state index is -1.05. The summed E-state index contributed by atoms with van der Waals surface area (Å²) in [6, 6.07) is 2.54. The predicted molar refractivity (Wildman–Crippen MR) is 67.3 cm³/mol. The third-order valence-electron chi connectivity index (χ3n) is 2.33. The first-order valence-corrected chi connectivity index (χ1v) is 5.18. The highest BCUT2D eigenvalue weighted by atomic mass is 16.6. The van der Waals surface area contributed by atoms with Crippen LogP contribution in [0.15, 0.2) is 12.1 Å². The van der Waals surface area contributed by atoms with Crippen LogP contribution in [0.25, 0.3) is 0 Å². The molecule has 0 radical (unpaired) electrons. The Bertz CT molecular complexity index is 486. The summed E-state index contributed by atoms with van der Waals surface area (Å²) < 4.78 is 0. The molecule has 1 rings (SSSR count). The maximum Gasteiger partial charge on any atom is 0.276 e. The van der Waals surface area contributed by atoms with Gasteiger partial charge in [0.2, 0.25) is 5.91 Å². The summed E-state index contributed by atoms with van der Waals surface area (Å²) >= 11 is 0. The van der Waals surface area contributed by atoms with Crippen molar-refractivity contribution < 1.29 is 9.72 Å². The second kappa shape index (κ2) is 4.86. The molecule has 0 fully saturated rings. The van der Waals surface area contributed by atoms with Crippen LogP contribution in [0.3, 0.4) is 0 Å². The zero-order valence-electron chi connectivity index (χ0n) is 10.4. The SMILES string of the molecule is CNc1cc([N+](=O)[O-])cc(NC(C)(C)C(N)=O)n1. The lowest BCUT2D eigenvalue weighted by molar-refractivity contribution is -0.384. The molecule has 0 aliphatic heterocycles. The van der Waals surface area contributed by atoms with Crippen molar-refractivity contribution in [2.45, 2.75) is 19.4 Å². The summed E-state index contributed by atoms with van der Waals surface area (Å²) in [6.07, 6.45) is 0. The van der Waals surface area contributed by atoms with Gasteiger partial charge in [0, 0.05) is 7.05 Å². The van der Waals surface area contributed by atoms with Crippen LogP contribution in [0, 0.1) is 10.1 Å². The molecule has 1 aromatic heterocycles. The number of amides is 1. The van der Waals surface area contributed by atoms with E-state index in [1.54, 1.807) is 20.9 Å². The highest BCUT2D eigenvalue weighted by Gasteiger charge is 2.26. The summed E-state index contributed by atoms with van der Waals surface area (Å²) in [5.74, 6) is -0.0499. The number of primary amides is 1. The zero-order valence-corrected chi connectivity index (χ0v) is 10.4. The molecule has 1 heterocycles. The molecular formula is C10H15N5O3. The third kappa shape index (κ3) is 3.06. The largest absolute Gasteiger partial charge is 0.373 e. The van der Waals surface area contributed by atoms with Crippen molar-refractivity contribution in [2.24, 2.45) is 5.73 Å². The van der Waals surface area contributed by atoms with Gasteiger partial charge in [-0.05, 0) is 13.8 Å². The Hall–Kier alpha value is -2.38. The molecule has 4 N–H and O–H groups in total. The number of hydrogen-bond acceptors (Lipinski definition) is 6. The van der Waals surface area contributed by atoms with Crippen LogP contribution in [-0.2, 0) is 4.79 Å². The molecule has 0 aromatic carbocycles. The van der Waals surface area contributed by atoms with E-state index in [0.29, 0.717) is 5.82 Å². The Labute approximate surface area is 104 Å². The summed E-state index contributed by atoms with van der Waals surface area (Å²) in [7, 11) is 1.59. The van der Waals surface area contributed by atoms with E-state index >= 15 is 0 Å². The van der Waals surface area contributed by atoms with Crippen molar-refractivity contribution in [2.75, 3.05) is 17.7 Å². The maximum absolute atomic E-state index is 11.2.